The van der Waals surface area contributed by atoms with Crippen LogP contribution >= 0.6 is 22.7 Å². The van der Waals surface area contributed by atoms with Crippen LogP contribution in [0.2, 0.25) is 0 Å². The third-order valence-corrected chi connectivity index (χ3v) is 7.12. The molecule has 4 aromatic rings. The van der Waals surface area contributed by atoms with Crippen molar-refractivity contribution in [3.8, 4) is 11.3 Å². The Labute approximate surface area is 194 Å². The fraction of sp³-hybridized carbons (Fsp3) is 0.261. The summed E-state index contributed by atoms with van der Waals surface area (Å²) in [6.07, 6.45) is 0. The van der Waals surface area contributed by atoms with E-state index >= 15 is 0 Å². The number of hydrogen-bond acceptors (Lipinski definition) is 8. The quantitative estimate of drug-likeness (QED) is 0.430. The van der Waals surface area contributed by atoms with E-state index in [1.807, 2.05) is 55.5 Å². The number of hydrogen-bond donors (Lipinski definition) is 2. The molecular weight excluding hydrogens is 442 g/mol. The molecule has 1 unspecified atom stereocenters. The van der Waals surface area contributed by atoms with E-state index in [9.17, 15) is 4.79 Å². The summed E-state index contributed by atoms with van der Waals surface area (Å²) in [4.78, 5) is 24.2. The highest BCUT2D eigenvalue weighted by atomic mass is 32.1. The van der Waals surface area contributed by atoms with E-state index in [1.165, 1.54) is 0 Å². The summed E-state index contributed by atoms with van der Waals surface area (Å²) < 4.78 is 6.51. The average molecular weight is 466 g/mol. The number of nitrogens with zero attached hydrogens (tertiary/aromatic N) is 3. The van der Waals surface area contributed by atoms with Gasteiger partial charge in [-0.15, -0.1) is 11.3 Å². The van der Waals surface area contributed by atoms with Crippen LogP contribution in [0.25, 0.3) is 21.5 Å². The van der Waals surface area contributed by atoms with E-state index in [0.717, 1.165) is 63.7 Å². The smallest absolute Gasteiger partial charge is 0.246 e. The van der Waals surface area contributed by atoms with Crippen molar-refractivity contribution in [3.63, 3.8) is 0 Å². The maximum absolute atomic E-state index is 12.6. The molecule has 1 saturated heterocycles. The summed E-state index contributed by atoms with van der Waals surface area (Å²) in [5.41, 5.74) is 3.65. The molecule has 5 rings (SSSR count). The van der Waals surface area contributed by atoms with Crippen molar-refractivity contribution in [2.45, 2.75) is 13.0 Å². The maximum Gasteiger partial charge on any atom is 0.246 e. The Morgan fingerprint density at radius 3 is 2.66 bits per heavy atom. The van der Waals surface area contributed by atoms with Crippen molar-refractivity contribution >= 4 is 54.7 Å². The Morgan fingerprint density at radius 1 is 1.09 bits per heavy atom. The van der Waals surface area contributed by atoms with Gasteiger partial charge < -0.3 is 20.3 Å². The van der Waals surface area contributed by atoms with Crippen molar-refractivity contribution < 1.29 is 9.53 Å². The Bertz CT molecular complexity index is 1180. The minimum Gasteiger partial charge on any atom is -0.378 e. The van der Waals surface area contributed by atoms with Gasteiger partial charge in [-0.1, -0.05) is 35.6 Å². The minimum absolute atomic E-state index is 0.111. The van der Waals surface area contributed by atoms with Crippen LogP contribution in [0, 0.1) is 0 Å². The Balaban J connectivity index is 1.20. The molecule has 2 aromatic heterocycles. The van der Waals surface area contributed by atoms with Crippen LogP contribution in [0.3, 0.4) is 0 Å². The average Bonchev–Trinajstić information content (AvgIpc) is 3.47. The van der Waals surface area contributed by atoms with Crippen molar-refractivity contribution in [2.75, 3.05) is 41.8 Å². The highest BCUT2D eigenvalue weighted by molar-refractivity contribution is 7.22. The monoisotopic (exact) mass is 465 g/mol. The van der Waals surface area contributed by atoms with Gasteiger partial charge in [0.25, 0.3) is 0 Å². The molecule has 164 valence electrons. The fourth-order valence-electron chi connectivity index (χ4n) is 3.46. The number of amides is 1. The first-order chi connectivity index (χ1) is 15.7. The normalized spacial score (nSPS) is 15.0. The molecule has 2 N–H and O–H groups in total. The van der Waals surface area contributed by atoms with Gasteiger partial charge in [-0.05, 0) is 31.2 Å². The van der Waals surface area contributed by atoms with E-state index in [0.29, 0.717) is 0 Å². The van der Waals surface area contributed by atoms with Crippen molar-refractivity contribution in [3.05, 3.63) is 53.9 Å². The molecule has 3 heterocycles. The van der Waals surface area contributed by atoms with Crippen LogP contribution in [0.1, 0.15) is 6.92 Å². The summed E-state index contributed by atoms with van der Waals surface area (Å²) in [6.45, 7) is 5.08. The van der Waals surface area contributed by atoms with Gasteiger partial charge in [0.15, 0.2) is 10.3 Å². The first-order valence-electron chi connectivity index (χ1n) is 10.5. The number of morpholine rings is 1. The third-order valence-electron chi connectivity index (χ3n) is 5.25. The third kappa shape index (κ3) is 4.59. The van der Waals surface area contributed by atoms with Crippen LogP contribution in [0.5, 0.6) is 0 Å². The zero-order valence-electron chi connectivity index (χ0n) is 17.6. The lowest BCUT2D eigenvalue weighted by atomic mass is 10.1. The Hall–Kier alpha value is -3.01. The highest BCUT2D eigenvalue weighted by Gasteiger charge is 2.17. The summed E-state index contributed by atoms with van der Waals surface area (Å²) in [6, 6.07) is 15.3. The predicted molar refractivity (Wildman–Crippen MR) is 132 cm³/mol. The van der Waals surface area contributed by atoms with Crippen LogP contribution in [0.4, 0.5) is 16.0 Å². The number of aromatic nitrogens is 2. The summed E-state index contributed by atoms with van der Waals surface area (Å²) in [5.74, 6) is -0.111. The Morgan fingerprint density at radius 2 is 1.88 bits per heavy atom. The molecule has 1 aliphatic rings. The Kier molecular flexibility index (Phi) is 6.02. The van der Waals surface area contributed by atoms with Crippen molar-refractivity contribution in [2.24, 2.45) is 0 Å². The molecule has 0 radical (unpaired) electrons. The van der Waals surface area contributed by atoms with Gasteiger partial charge >= 0.3 is 0 Å². The van der Waals surface area contributed by atoms with E-state index in [1.54, 1.807) is 22.7 Å². The molecule has 9 heteroatoms. The summed E-state index contributed by atoms with van der Waals surface area (Å²) in [7, 11) is 0. The lowest BCUT2D eigenvalue weighted by Gasteiger charge is -2.26. The largest absolute Gasteiger partial charge is 0.378 e. The van der Waals surface area contributed by atoms with Gasteiger partial charge in [-0.3, -0.25) is 4.79 Å². The molecule has 1 atom stereocenters. The number of para-hydroxylation sites is 1. The molecule has 32 heavy (non-hydrogen) atoms. The topological polar surface area (TPSA) is 79.4 Å². The first kappa shape index (κ1) is 20.9. The molecule has 1 fully saturated rings. The second kappa shape index (κ2) is 9.23. The molecule has 0 aliphatic carbocycles. The standard InChI is InChI=1S/C23H23N5O2S2/c1-15(24-22-26-18-4-2-3-5-20(18)32-22)21(29)25-17-8-6-16(7-9-17)19-14-31-23(27-19)28-10-12-30-13-11-28/h2-9,14-15H,10-13H2,1H3,(H,24,26)(H,25,29). The maximum atomic E-state index is 12.6. The van der Waals surface area contributed by atoms with Gasteiger partial charge in [0.2, 0.25) is 5.91 Å². The van der Waals surface area contributed by atoms with Crippen LogP contribution < -0.4 is 15.5 Å². The van der Waals surface area contributed by atoms with E-state index in [-0.39, 0.29) is 5.91 Å². The molecule has 0 spiro atoms. The molecule has 1 aliphatic heterocycles. The molecule has 2 aromatic carbocycles. The molecule has 0 bridgehead atoms. The minimum atomic E-state index is -0.412. The van der Waals surface area contributed by atoms with Crippen molar-refractivity contribution in [1.82, 2.24) is 9.97 Å². The van der Waals surface area contributed by atoms with Gasteiger partial charge in [0, 0.05) is 29.7 Å². The number of nitrogens with one attached hydrogen (secondary N) is 2. The number of carbonyl (C=O) groups excluding carboxylic acids is 1. The molecule has 7 nitrogen and oxygen atoms in total. The van der Waals surface area contributed by atoms with E-state index in [4.69, 9.17) is 9.72 Å². The highest BCUT2D eigenvalue weighted by Crippen LogP contribution is 2.29. The zero-order valence-corrected chi connectivity index (χ0v) is 19.2. The number of ether oxygens (including phenoxy) is 1. The second-order valence-corrected chi connectivity index (χ2v) is 9.40. The van der Waals surface area contributed by atoms with Crippen molar-refractivity contribution in [1.29, 1.82) is 0 Å². The van der Waals surface area contributed by atoms with E-state index < -0.39 is 6.04 Å². The molecular formula is C23H23N5O2S2. The van der Waals surface area contributed by atoms with Crippen LogP contribution in [0.15, 0.2) is 53.9 Å². The van der Waals surface area contributed by atoms with Gasteiger partial charge in [-0.25, -0.2) is 9.97 Å². The molecule has 1 amide bonds. The van der Waals surface area contributed by atoms with Gasteiger partial charge in [0.1, 0.15) is 6.04 Å². The first-order valence-corrected chi connectivity index (χ1v) is 12.2. The second-order valence-electron chi connectivity index (χ2n) is 7.53. The number of anilines is 3. The van der Waals surface area contributed by atoms with E-state index in [2.05, 4.69) is 25.9 Å². The zero-order chi connectivity index (χ0) is 21.9. The lowest BCUT2D eigenvalue weighted by Crippen LogP contribution is -2.36. The predicted octanol–water partition coefficient (Wildman–Crippen LogP) is 4.70. The lowest BCUT2D eigenvalue weighted by molar-refractivity contribution is -0.116. The van der Waals surface area contributed by atoms with Crippen LogP contribution in [-0.2, 0) is 9.53 Å². The SMILES string of the molecule is CC(Nc1nc2ccccc2s1)C(=O)Nc1ccc(-c2csc(N3CCOCC3)n2)cc1. The van der Waals surface area contributed by atoms with Gasteiger partial charge in [0.05, 0.1) is 29.1 Å². The summed E-state index contributed by atoms with van der Waals surface area (Å²) in [5, 5.41) is 10.00. The van der Waals surface area contributed by atoms with Crippen LogP contribution in [-0.4, -0.2) is 48.2 Å². The number of fused-ring (bicyclic) bond motifs is 1. The number of thiazole rings is 2. The van der Waals surface area contributed by atoms with Gasteiger partial charge in [-0.2, -0.15) is 0 Å². The fourth-order valence-corrected chi connectivity index (χ4v) is 5.30. The summed E-state index contributed by atoms with van der Waals surface area (Å²) >= 11 is 3.19. The number of carbonyl (C=O) groups is 1. The number of benzene rings is 2. The molecule has 0 saturated carbocycles. The number of rotatable bonds is 6.